The summed E-state index contributed by atoms with van der Waals surface area (Å²) in [5.74, 6) is 0.0644. The lowest BCUT2D eigenvalue weighted by Gasteiger charge is -2.33. The zero-order chi connectivity index (χ0) is 21.4. The zero-order valence-electron chi connectivity index (χ0n) is 17.8. The van der Waals surface area contributed by atoms with Crippen LogP contribution < -0.4 is 0 Å². The van der Waals surface area contributed by atoms with Gasteiger partial charge < -0.3 is 14.4 Å². The van der Waals surface area contributed by atoms with Crippen LogP contribution >= 0.6 is 12.2 Å². The van der Waals surface area contributed by atoms with Crippen LogP contribution in [0.5, 0.6) is 0 Å². The number of hydrogen-bond acceptors (Lipinski definition) is 3. The third kappa shape index (κ3) is 3.51. The predicted octanol–water partition coefficient (Wildman–Crippen LogP) is 3.46. The topological polar surface area (TPSA) is 48.8 Å². The van der Waals surface area contributed by atoms with E-state index in [9.17, 15) is 9.59 Å². The van der Waals surface area contributed by atoms with Gasteiger partial charge in [0.15, 0.2) is 5.11 Å². The normalized spacial score (nSPS) is 21.4. The van der Waals surface area contributed by atoms with Gasteiger partial charge >= 0.3 is 0 Å². The minimum Gasteiger partial charge on any atom is -0.338 e. The summed E-state index contributed by atoms with van der Waals surface area (Å²) < 4.78 is 2.00. The number of amides is 2. The van der Waals surface area contributed by atoms with Crippen LogP contribution in [0, 0.1) is 0 Å². The van der Waals surface area contributed by atoms with Crippen LogP contribution in [0.4, 0.5) is 0 Å². The number of fused-ring (bicyclic) bond motifs is 1. The number of likely N-dealkylation sites (tertiary alicyclic amines) is 1. The maximum atomic E-state index is 13.0. The Hall–Kier alpha value is -2.67. The number of aromatic nitrogens is 1. The molecule has 7 heteroatoms. The molecule has 0 aliphatic carbocycles. The highest BCUT2D eigenvalue weighted by Gasteiger charge is 2.34. The summed E-state index contributed by atoms with van der Waals surface area (Å²) in [5, 5.41) is 1.54. The minimum atomic E-state index is -0.0833. The lowest BCUT2D eigenvalue weighted by Crippen LogP contribution is -2.43. The molecule has 3 heterocycles. The Balaban J connectivity index is 1.69. The van der Waals surface area contributed by atoms with Crippen LogP contribution in [0.3, 0.4) is 0 Å². The number of hydrogen-bond donors (Lipinski definition) is 0. The first-order valence-electron chi connectivity index (χ1n) is 10.6. The van der Waals surface area contributed by atoms with Gasteiger partial charge in [-0.25, -0.2) is 0 Å². The number of benzene rings is 1. The van der Waals surface area contributed by atoms with Crippen molar-refractivity contribution in [2.75, 3.05) is 20.1 Å². The maximum absolute atomic E-state index is 13.0. The fourth-order valence-electron chi connectivity index (χ4n) is 4.46. The van der Waals surface area contributed by atoms with Gasteiger partial charge in [-0.3, -0.25) is 14.5 Å². The average molecular weight is 425 g/mol. The molecule has 1 aromatic carbocycles. The summed E-state index contributed by atoms with van der Waals surface area (Å²) in [7, 11) is 1.82. The van der Waals surface area contributed by atoms with E-state index < -0.39 is 0 Å². The largest absolute Gasteiger partial charge is 0.338 e. The molecule has 2 fully saturated rings. The summed E-state index contributed by atoms with van der Waals surface area (Å²) >= 11 is 5.41. The van der Waals surface area contributed by atoms with Gasteiger partial charge in [0.05, 0.1) is 0 Å². The van der Waals surface area contributed by atoms with E-state index in [0.717, 1.165) is 35.9 Å². The second-order valence-corrected chi connectivity index (χ2v) is 8.45. The Bertz CT molecular complexity index is 1040. The van der Waals surface area contributed by atoms with Crippen molar-refractivity contribution in [2.24, 2.45) is 0 Å². The van der Waals surface area contributed by atoms with Crippen LogP contribution in [0.1, 0.15) is 38.7 Å². The smallest absolute Gasteiger partial charge is 0.276 e. The van der Waals surface area contributed by atoms with Gasteiger partial charge in [-0.2, -0.15) is 0 Å². The molecule has 0 saturated carbocycles. The van der Waals surface area contributed by atoms with Crippen molar-refractivity contribution in [1.82, 2.24) is 19.3 Å². The van der Waals surface area contributed by atoms with E-state index in [1.165, 1.54) is 6.42 Å². The number of rotatable bonds is 4. The van der Waals surface area contributed by atoms with E-state index in [0.29, 0.717) is 29.9 Å². The molecule has 2 aromatic rings. The highest BCUT2D eigenvalue weighted by Crippen LogP contribution is 2.28. The molecule has 2 saturated heterocycles. The van der Waals surface area contributed by atoms with E-state index >= 15 is 0 Å². The summed E-state index contributed by atoms with van der Waals surface area (Å²) in [5.41, 5.74) is 2.46. The van der Waals surface area contributed by atoms with Crippen molar-refractivity contribution in [3.05, 3.63) is 41.7 Å². The predicted molar refractivity (Wildman–Crippen MR) is 123 cm³/mol. The lowest BCUT2D eigenvalue weighted by atomic mass is 10.0. The molecular formula is C23H28N4O2S. The molecule has 0 unspecified atom stereocenters. The van der Waals surface area contributed by atoms with Crippen LogP contribution in [-0.2, 0) is 16.1 Å². The molecule has 0 N–H and O–H groups in total. The molecule has 2 amide bonds. The fourth-order valence-corrected chi connectivity index (χ4v) is 4.77. The highest BCUT2D eigenvalue weighted by atomic mass is 32.1. The number of thiocarbonyl (C=S) groups is 1. The third-order valence-corrected chi connectivity index (χ3v) is 6.69. The van der Waals surface area contributed by atoms with Gasteiger partial charge in [0, 0.05) is 48.8 Å². The molecule has 0 spiro atoms. The molecular weight excluding hydrogens is 396 g/mol. The van der Waals surface area contributed by atoms with Crippen molar-refractivity contribution in [3.8, 4) is 0 Å². The number of para-hydroxylation sites is 1. The quantitative estimate of drug-likeness (QED) is 0.557. The Labute approximate surface area is 182 Å². The monoisotopic (exact) mass is 424 g/mol. The number of likely N-dealkylation sites (N-methyl/N-ethyl adjacent to an activating group) is 2. The van der Waals surface area contributed by atoms with Gasteiger partial charge in [-0.15, -0.1) is 0 Å². The summed E-state index contributed by atoms with van der Waals surface area (Å²) in [6, 6.07) is 8.30. The third-order valence-electron chi connectivity index (χ3n) is 6.20. The SMILES string of the molecule is CCN1C(=O)/C(=C/c2cn(CC(=O)N3CCCC[C@@H]3C)c3ccccc23)N(C)C1=S. The first-order chi connectivity index (χ1) is 14.4. The van der Waals surface area contributed by atoms with Crippen molar-refractivity contribution in [1.29, 1.82) is 0 Å². The Morgan fingerprint density at radius 1 is 1.27 bits per heavy atom. The van der Waals surface area contributed by atoms with Crippen LogP contribution in [0.25, 0.3) is 17.0 Å². The summed E-state index contributed by atoms with van der Waals surface area (Å²) in [6.07, 6.45) is 7.19. The van der Waals surface area contributed by atoms with Gasteiger partial charge in [-0.05, 0) is 57.5 Å². The fraction of sp³-hybridized carbons (Fsp3) is 0.435. The molecule has 1 aromatic heterocycles. The first kappa shape index (κ1) is 20.6. The average Bonchev–Trinajstić information content (AvgIpc) is 3.18. The molecule has 158 valence electrons. The molecule has 0 radical (unpaired) electrons. The second-order valence-electron chi connectivity index (χ2n) is 8.08. The lowest BCUT2D eigenvalue weighted by molar-refractivity contribution is -0.135. The van der Waals surface area contributed by atoms with Crippen molar-refractivity contribution < 1.29 is 9.59 Å². The number of carbonyl (C=O) groups is 2. The van der Waals surface area contributed by atoms with Gasteiger partial charge in [0.25, 0.3) is 5.91 Å². The standard InChI is InChI=1S/C23H28N4O2S/c1-4-26-22(29)20(24(3)23(26)30)13-17-14-25(19-11-6-5-10-18(17)19)15-21(28)27-12-8-7-9-16(27)2/h5-6,10-11,13-14,16H,4,7-9,12,15H2,1-3H3/b20-13-/t16-/m0/s1. The van der Waals surface area contributed by atoms with E-state index in [2.05, 4.69) is 6.92 Å². The van der Waals surface area contributed by atoms with Gasteiger partial charge in [0.2, 0.25) is 5.91 Å². The van der Waals surface area contributed by atoms with E-state index in [1.807, 2.05) is 60.0 Å². The van der Waals surface area contributed by atoms with Crippen LogP contribution in [0.2, 0.25) is 0 Å². The van der Waals surface area contributed by atoms with Crippen molar-refractivity contribution >= 4 is 46.1 Å². The van der Waals surface area contributed by atoms with Crippen LogP contribution in [0.15, 0.2) is 36.2 Å². The summed E-state index contributed by atoms with van der Waals surface area (Å²) in [4.78, 5) is 31.2. The van der Waals surface area contributed by atoms with Crippen molar-refractivity contribution in [3.63, 3.8) is 0 Å². The maximum Gasteiger partial charge on any atom is 0.276 e. The Kier molecular flexibility index (Phi) is 5.64. The highest BCUT2D eigenvalue weighted by molar-refractivity contribution is 7.80. The first-order valence-corrected chi connectivity index (χ1v) is 11.0. The zero-order valence-corrected chi connectivity index (χ0v) is 18.6. The Morgan fingerprint density at radius 2 is 2.03 bits per heavy atom. The molecule has 1 atom stereocenters. The molecule has 6 nitrogen and oxygen atoms in total. The number of carbonyl (C=O) groups excluding carboxylic acids is 2. The van der Waals surface area contributed by atoms with Gasteiger partial charge in [-0.1, -0.05) is 18.2 Å². The molecule has 30 heavy (non-hydrogen) atoms. The minimum absolute atomic E-state index is 0.0833. The molecule has 2 aliphatic heterocycles. The molecule has 2 aliphatic rings. The van der Waals surface area contributed by atoms with E-state index in [1.54, 1.807) is 9.80 Å². The van der Waals surface area contributed by atoms with Gasteiger partial charge in [0.1, 0.15) is 12.2 Å². The number of nitrogens with zero attached hydrogens (tertiary/aromatic N) is 4. The molecule has 4 rings (SSSR count). The van der Waals surface area contributed by atoms with E-state index in [4.69, 9.17) is 12.2 Å². The van der Waals surface area contributed by atoms with Crippen molar-refractivity contribution in [2.45, 2.75) is 45.7 Å². The number of piperidine rings is 1. The second kappa shape index (κ2) is 8.22. The van der Waals surface area contributed by atoms with E-state index in [-0.39, 0.29) is 11.8 Å². The molecule has 0 bridgehead atoms. The Morgan fingerprint density at radius 3 is 2.73 bits per heavy atom. The van der Waals surface area contributed by atoms with Crippen LogP contribution in [-0.4, -0.2) is 62.4 Å². The summed E-state index contributed by atoms with van der Waals surface area (Å²) in [6.45, 7) is 5.73.